The first kappa shape index (κ1) is 14.9. The average molecular weight is 248 g/mol. The van der Waals surface area contributed by atoms with Crippen molar-refractivity contribution in [3.8, 4) is 0 Å². The minimum absolute atomic E-state index is 0.445. The minimum atomic E-state index is -0.445. The molecule has 1 rings (SSSR count). The van der Waals surface area contributed by atoms with Crippen LogP contribution in [-0.4, -0.2) is 6.61 Å². The Morgan fingerprint density at radius 2 is 2.06 bits per heavy atom. The van der Waals surface area contributed by atoms with Gasteiger partial charge in [0.05, 0.1) is 6.61 Å². The van der Waals surface area contributed by atoms with E-state index in [9.17, 15) is 0 Å². The molecule has 0 atom stereocenters. The normalized spacial score (nSPS) is 11.6. The molecule has 0 fully saturated rings. The van der Waals surface area contributed by atoms with Gasteiger partial charge in [-0.3, -0.25) is 0 Å². The molecule has 0 N–H and O–H groups in total. The Hall–Kier alpha value is -1.12. The van der Waals surface area contributed by atoms with Gasteiger partial charge < -0.3 is 0 Å². The zero-order chi connectivity index (χ0) is 13.6. The van der Waals surface area contributed by atoms with Gasteiger partial charge in [0.15, 0.2) is 0 Å². The Morgan fingerprint density at radius 1 is 1.33 bits per heavy atom. The van der Waals surface area contributed by atoms with E-state index in [1.54, 1.807) is 0 Å². The number of rotatable bonds is 7. The van der Waals surface area contributed by atoms with Gasteiger partial charge >= 0.3 is 0 Å². The highest BCUT2D eigenvalue weighted by Gasteiger charge is 2.23. The zero-order valence-corrected chi connectivity index (χ0v) is 12.0. The summed E-state index contributed by atoms with van der Waals surface area (Å²) < 4.78 is 0. The smallest absolute Gasteiger partial charge is 0.123 e. The van der Waals surface area contributed by atoms with Crippen molar-refractivity contribution in [2.75, 3.05) is 6.61 Å². The van der Waals surface area contributed by atoms with Crippen molar-refractivity contribution in [1.29, 1.82) is 0 Å². The van der Waals surface area contributed by atoms with Gasteiger partial charge in [-0.1, -0.05) is 43.7 Å². The molecule has 0 radical (unpaired) electrons. The van der Waals surface area contributed by atoms with Gasteiger partial charge in [-0.2, -0.15) is 0 Å². The van der Waals surface area contributed by atoms with E-state index >= 15 is 0 Å². The molecule has 1 aromatic rings. The zero-order valence-electron chi connectivity index (χ0n) is 12.0. The first-order valence-electron chi connectivity index (χ1n) is 6.54. The average Bonchev–Trinajstić information content (AvgIpc) is 2.35. The summed E-state index contributed by atoms with van der Waals surface area (Å²) in [6.07, 6.45) is 2.12. The van der Waals surface area contributed by atoms with E-state index in [2.05, 4.69) is 31.7 Å². The van der Waals surface area contributed by atoms with Crippen molar-refractivity contribution in [3.05, 3.63) is 42.0 Å². The molecule has 0 amide bonds. The standard InChI is InChI=1S/C16H24O2/c1-6-7-11-17-18-16(4,5)15-10-8-9-14(12-15)13(2)3/h8-10,12H,2,6-7,11H2,1,3-5H3. The van der Waals surface area contributed by atoms with E-state index in [1.807, 2.05) is 26.8 Å². The van der Waals surface area contributed by atoms with Crippen LogP contribution in [0.15, 0.2) is 30.8 Å². The molecule has 0 spiro atoms. The van der Waals surface area contributed by atoms with E-state index in [0.717, 1.165) is 29.5 Å². The molecule has 2 nitrogen and oxygen atoms in total. The maximum absolute atomic E-state index is 5.52. The van der Waals surface area contributed by atoms with Crippen molar-refractivity contribution in [2.24, 2.45) is 0 Å². The molecule has 0 saturated heterocycles. The quantitative estimate of drug-likeness (QED) is 0.395. The number of hydrogen-bond acceptors (Lipinski definition) is 2. The predicted molar refractivity (Wildman–Crippen MR) is 76.1 cm³/mol. The van der Waals surface area contributed by atoms with Crippen molar-refractivity contribution >= 4 is 5.57 Å². The van der Waals surface area contributed by atoms with Crippen LogP contribution in [0.3, 0.4) is 0 Å². The van der Waals surface area contributed by atoms with Crippen LogP contribution in [0.5, 0.6) is 0 Å². The predicted octanol–water partition coefficient (Wildman–Crippen LogP) is 4.70. The van der Waals surface area contributed by atoms with Crippen LogP contribution in [0.1, 0.15) is 51.7 Å². The second-order valence-corrected chi connectivity index (χ2v) is 5.13. The molecule has 0 aliphatic carbocycles. The lowest BCUT2D eigenvalue weighted by molar-refractivity contribution is -0.358. The monoisotopic (exact) mass is 248 g/mol. The Bertz CT molecular complexity index is 394. The van der Waals surface area contributed by atoms with Crippen LogP contribution in [0, 0.1) is 0 Å². The second kappa shape index (κ2) is 6.72. The fourth-order valence-corrected chi connectivity index (χ4v) is 1.60. The van der Waals surface area contributed by atoms with Crippen LogP contribution < -0.4 is 0 Å². The summed E-state index contributed by atoms with van der Waals surface area (Å²) >= 11 is 0. The number of unbranched alkanes of at least 4 members (excludes halogenated alkanes) is 1. The lowest BCUT2D eigenvalue weighted by Gasteiger charge is -2.24. The van der Waals surface area contributed by atoms with E-state index in [4.69, 9.17) is 9.78 Å². The molecule has 1 aromatic carbocycles. The van der Waals surface area contributed by atoms with Gasteiger partial charge in [0, 0.05) is 0 Å². The van der Waals surface area contributed by atoms with E-state index in [0.29, 0.717) is 6.61 Å². The van der Waals surface area contributed by atoms with Gasteiger partial charge in [-0.25, -0.2) is 9.78 Å². The molecule has 0 aromatic heterocycles. The first-order chi connectivity index (χ1) is 8.47. The van der Waals surface area contributed by atoms with Crippen LogP contribution >= 0.6 is 0 Å². The Morgan fingerprint density at radius 3 is 2.67 bits per heavy atom. The summed E-state index contributed by atoms with van der Waals surface area (Å²) in [7, 11) is 0. The highest BCUT2D eigenvalue weighted by molar-refractivity contribution is 5.62. The molecule has 18 heavy (non-hydrogen) atoms. The lowest BCUT2D eigenvalue weighted by Crippen LogP contribution is -2.22. The third-order valence-corrected chi connectivity index (χ3v) is 2.90. The van der Waals surface area contributed by atoms with E-state index < -0.39 is 5.60 Å². The van der Waals surface area contributed by atoms with Gasteiger partial charge in [0.2, 0.25) is 0 Å². The maximum Gasteiger partial charge on any atom is 0.123 e. The summed E-state index contributed by atoms with van der Waals surface area (Å²) in [6.45, 7) is 12.8. The number of hydrogen-bond donors (Lipinski definition) is 0. The van der Waals surface area contributed by atoms with Crippen molar-refractivity contribution in [3.63, 3.8) is 0 Å². The van der Waals surface area contributed by atoms with Crippen LogP contribution in [0.4, 0.5) is 0 Å². The molecule has 0 heterocycles. The molecule has 2 heteroatoms. The molecule has 0 unspecified atom stereocenters. The molecule has 0 aliphatic rings. The highest BCUT2D eigenvalue weighted by Crippen LogP contribution is 2.27. The summed E-state index contributed by atoms with van der Waals surface area (Å²) in [6, 6.07) is 8.23. The fraction of sp³-hybridized carbons (Fsp3) is 0.500. The summed E-state index contributed by atoms with van der Waals surface area (Å²) in [5, 5.41) is 0. The molecule has 0 bridgehead atoms. The minimum Gasteiger partial charge on any atom is -0.236 e. The molecule has 100 valence electrons. The van der Waals surface area contributed by atoms with Crippen molar-refractivity contribution in [2.45, 2.75) is 46.1 Å². The third kappa shape index (κ3) is 4.28. The van der Waals surface area contributed by atoms with Crippen molar-refractivity contribution < 1.29 is 9.78 Å². The Kier molecular flexibility index (Phi) is 5.57. The van der Waals surface area contributed by atoms with Gasteiger partial charge in [-0.15, -0.1) is 0 Å². The molecular formula is C16H24O2. The van der Waals surface area contributed by atoms with E-state index in [1.165, 1.54) is 0 Å². The fourth-order valence-electron chi connectivity index (χ4n) is 1.60. The lowest BCUT2D eigenvalue weighted by atomic mass is 9.95. The molecule has 0 aliphatic heterocycles. The summed E-state index contributed by atoms with van der Waals surface area (Å²) in [5.41, 5.74) is 2.84. The largest absolute Gasteiger partial charge is 0.236 e. The third-order valence-electron chi connectivity index (χ3n) is 2.90. The summed E-state index contributed by atoms with van der Waals surface area (Å²) in [5.74, 6) is 0. The molecule has 0 saturated carbocycles. The number of allylic oxidation sites excluding steroid dienone is 1. The van der Waals surface area contributed by atoms with Crippen LogP contribution in [-0.2, 0) is 15.4 Å². The Labute approximate surface area is 111 Å². The maximum atomic E-state index is 5.52. The Balaban J connectivity index is 2.71. The SMILES string of the molecule is C=C(C)c1cccc(C(C)(C)OOCCCC)c1. The topological polar surface area (TPSA) is 18.5 Å². The van der Waals surface area contributed by atoms with E-state index in [-0.39, 0.29) is 0 Å². The van der Waals surface area contributed by atoms with Crippen LogP contribution in [0.2, 0.25) is 0 Å². The summed E-state index contributed by atoms with van der Waals surface area (Å²) in [4.78, 5) is 10.8. The van der Waals surface area contributed by atoms with Gasteiger partial charge in [0.1, 0.15) is 5.60 Å². The van der Waals surface area contributed by atoms with Crippen molar-refractivity contribution in [1.82, 2.24) is 0 Å². The van der Waals surface area contributed by atoms with Gasteiger partial charge in [0.25, 0.3) is 0 Å². The van der Waals surface area contributed by atoms with Gasteiger partial charge in [-0.05, 0) is 44.4 Å². The second-order valence-electron chi connectivity index (χ2n) is 5.13. The number of benzene rings is 1. The highest BCUT2D eigenvalue weighted by atomic mass is 17.2. The molecular weight excluding hydrogens is 224 g/mol. The first-order valence-corrected chi connectivity index (χ1v) is 6.54. The van der Waals surface area contributed by atoms with Crippen LogP contribution in [0.25, 0.3) is 5.57 Å².